The van der Waals surface area contributed by atoms with Gasteiger partial charge in [-0.1, -0.05) is 78.9 Å². The van der Waals surface area contributed by atoms with Gasteiger partial charge in [0.15, 0.2) is 0 Å². The van der Waals surface area contributed by atoms with Crippen LogP contribution < -0.4 is 5.32 Å². The average Bonchev–Trinajstić information content (AvgIpc) is 3.23. The van der Waals surface area contributed by atoms with E-state index in [2.05, 4.69) is 41.7 Å². The van der Waals surface area contributed by atoms with Gasteiger partial charge in [0.05, 0.1) is 11.4 Å². The lowest BCUT2D eigenvalue weighted by molar-refractivity contribution is 0.669. The highest BCUT2D eigenvalue weighted by atomic mass is 16.3. The van der Waals surface area contributed by atoms with E-state index in [9.17, 15) is 0 Å². The maximum absolute atomic E-state index is 6.04. The molecule has 0 unspecified atom stereocenters. The van der Waals surface area contributed by atoms with Crippen LogP contribution in [0.2, 0.25) is 0 Å². The maximum Gasteiger partial charge on any atom is 0.228 e. The van der Waals surface area contributed by atoms with Crippen molar-refractivity contribution in [3.63, 3.8) is 0 Å². The summed E-state index contributed by atoms with van der Waals surface area (Å²) in [5.74, 6) is 0.542. The van der Waals surface area contributed by atoms with Crippen LogP contribution in [-0.4, -0.2) is 9.97 Å². The van der Waals surface area contributed by atoms with Crippen molar-refractivity contribution in [3.8, 4) is 22.5 Å². The molecule has 6 rings (SSSR count). The van der Waals surface area contributed by atoms with E-state index in [1.165, 1.54) is 0 Å². The normalized spacial score (nSPS) is 11.1. The molecule has 1 N–H and O–H groups in total. The second-order valence-corrected chi connectivity index (χ2v) is 7.63. The molecular weight excluding hydrogens is 394 g/mol. The summed E-state index contributed by atoms with van der Waals surface area (Å²) in [7, 11) is 0. The minimum absolute atomic E-state index is 0.542. The lowest BCUT2D eigenvalue weighted by atomic mass is 10.1. The first-order valence-corrected chi connectivity index (χ1v) is 10.5. The molecule has 0 spiro atoms. The first-order chi connectivity index (χ1) is 15.8. The number of anilines is 2. The number of para-hydroxylation sites is 1. The zero-order chi connectivity index (χ0) is 21.3. The number of nitrogens with zero attached hydrogens (tertiary/aromatic N) is 2. The average molecular weight is 413 g/mol. The van der Waals surface area contributed by atoms with E-state index in [0.717, 1.165) is 50.1 Å². The fourth-order valence-electron chi connectivity index (χ4n) is 3.95. The van der Waals surface area contributed by atoms with E-state index in [1.54, 1.807) is 0 Å². The van der Waals surface area contributed by atoms with E-state index in [-0.39, 0.29) is 0 Å². The van der Waals surface area contributed by atoms with Gasteiger partial charge in [-0.25, -0.2) is 9.97 Å². The molecule has 0 aliphatic carbocycles. The first kappa shape index (κ1) is 18.3. The number of fused-ring (bicyclic) bond motifs is 3. The number of nitrogens with one attached hydrogen (secondary N) is 1. The highest BCUT2D eigenvalue weighted by Crippen LogP contribution is 2.32. The lowest BCUT2D eigenvalue weighted by Gasteiger charge is -2.10. The van der Waals surface area contributed by atoms with Gasteiger partial charge in [0.25, 0.3) is 0 Å². The van der Waals surface area contributed by atoms with Gasteiger partial charge < -0.3 is 9.73 Å². The second-order valence-electron chi connectivity index (χ2n) is 7.63. The van der Waals surface area contributed by atoms with Crippen molar-refractivity contribution in [2.45, 2.75) is 0 Å². The molecule has 0 amide bonds. The quantitative estimate of drug-likeness (QED) is 0.326. The second kappa shape index (κ2) is 7.67. The Hall–Kier alpha value is -4.44. The third-order valence-corrected chi connectivity index (χ3v) is 5.50. The van der Waals surface area contributed by atoms with E-state index in [4.69, 9.17) is 14.4 Å². The molecule has 4 nitrogen and oxygen atoms in total. The predicted octanol–water partition coefficient (Wildman–Crippen LogP) is 7.45. The molecule has 0 atom stereocenters. The van der Waals surface area contributed by atoms with Crippen molar-refractivity contribution in [1.29, 1.82) is 0 Å². The van der Waals surface area contributed by atoms with Gasteiger partial charge in [0, 0.05) is 33.7 Å². The number of hydrogen-bond acceptors (Lipinski definition) is 4. The Morgan fingerprint density at radius 2 is 1.12 bits per heavy atom. The fourth-order valence-corrected chi connectivity index (χ4v) is 3.95. The molecule has 0 saturated heterocycles. The van der Waals surface area contributed by atoms with Gasteiger partial charge >= 0.3 is 0 Å². The lowest BCUT2D eigenvalue weighted by Crippen LogP contribution is -2.00. The van der Waals surface area contributed by atoms with Crippen LogP contribution in [0.25, 0.3) is 44.5 Å². The summed E-state index contributed by atoms with van der Waals surface area (Å²) < 4.78 is 6.04. The van der Waals surface area contributed by atoms with Gasteiger partial charge in [0.2, 0.25) is 5.95 Å². The third kappa shape index (κ3) is 3.38. The first-order valence-electron chi connectivity index (χ1n) is 10.5. The van der Waals surface area contributed by atoms with Crippen LogP contribution in [0, 0.1) is 0 Å². The minimum Gasteiger partial charge on any atom is -0.456 e. The smallest absolute Gasteiger partial charge is 0.228 e. The van der Waals surface area contributed by atoms with Gasteiger partial charge in [0.1, 0.15) is 11.2 Å². The summed E-state index contributed by atoms with van der Waals surface area (Å²) in [5.41, 5.74) is 6.41. The van der Waals surface area contributed by atoms with Crippen molar-refractivity contribution in [2.75, 3.05) is 5.32 Å². The number of benzene rings is 4. The topological polar surface area (TPSA) is 51.0 Å². The zero-order valence-electron chi connectivity index (χ0n) is 17.2. The van der Waals surface area contributed by atoms with Gasteiger partial charge in [-0.3, -0.25) is 0 Å². The molecule has 4 heteroatoms. The van der Waals surface area contributed by atoms with Crippen LogP contribution in [0.3, 0.4) is 0 Å². The molecule has 4 aromatic carbocycles. The molecule has 2 aromatic heterocycles. The van der Waals surface area contributed by atoms with E-state index in [1.807, 2.05) is 72.8 Å². The van der Waals surface area contributed by atoms with Crippen molar-refractivity contribution in [1.82, 2.24) is 9.97 Å². The van der Waals surface area contributed by atoms with Crippen LogP contribution in [0.5, 0.6) is 0 Å². The standard InChI is InChI=1S/C28H19N3O/c1-3-9-19(10-4-1)24-18-25(20-11-5-2-6-12-20)31-28(30-24)29-21-15-16-23-22-13-7-8-14-26(22)32-27(23)17-21/h1-18H,(H,29,30,31). The van der Waals surface area contributed by atoms with Gasteiger partial charge in [-0.15, -0.1) is 0 Å². The third-order valence-electron chi connectivity index (χ3n) is 5.50. The number of rotatable bonds is 4. The van der Waals surface area contributed by atoms with Crippen LogP contribution in [0.15, 0.2) is 114 Å². The van der Waals surface area contributed by atoms with Crippen molar-refractivity contribution in [3.05, 3.63) is 109 Å². The zero-order valence-corrected chi connectivity index (χ0v) is 17.2. The SMILES string of the molecule is c1ccc(-c2cc(-c3ccccc3)nc(Nc3ccc4c(c3)oc3ccccc34)n2)cc1. The summed E-state index contributed by atoms with van der Waals surface area (Å²) in [6, 6.07) is 36.5. The highest BCUT2D eigenvalue weighted by Gasteiger charge is 2.11. The number of hydrogen-bond donors (Lipinski definition) is 1. The fraction of sp³-hybridized carbons (Fsp3) is 0. The molecule has 0 saturated carbocycles. The van der Waals surface area contributed by atoms with E-state index >= 15 is 0 Å². The minimum atomic E-state index is 0.542. The summed E-state index contributed by atoms with van der Waals surface area (Å²) in [6.45, 7) is 0. The Morgan fingerprint density at radius 3 is 1.81 bits per heavy atom. The highest BCUT2D eigenvalue weighted by molar-refractivity contribution is 6.05. The van der Waals surface area contributed by atoms with Crippen molar-refractivity contribution < 1.29 is 4.42 Å². The molecule has 152 valence electrons. The van der Waals surface area contributed by atoms with Crippen LogP contribution >= 0.6 is 0 Å². The Morgan fingerprint density at radius 1 is 0.531 bits per heavy atom. The van der Waals surface area contributed by atoms with Crippen LogP contribution in [0.1, 0.15) is 0 Å². The van der Waals surface area contributed by atoms with E-state index < -0.39 is 0 Å². The molecule has 0 bridgehead atoms. The van der Waals surface area contributed by atoms with Crippen molar-refractivity contribution in [2.24, 2.45) is 0 Å². The number of furan rings is 1. The predicted molar refractivity (Wildman–Crippen MR) is 130 cm³/mol. The molecular formula is C28H19N3O. The Balaban J connectivity index is 1.44. The van der Waals surface area contributed by atoms with Gasteiger partial charge in [-0.2, -0.15) is 0 Å². The Bertz CT molecular complexity index is 1480. The van der Waals surface area contributed by atoms with E-state index in [0.29, 0.717) is 5.95 Å². The largest absolute Gasteiger partial charge is 0.456 e. The van der Waals surface area contributed by atoms with Crippen molar-refractivity contribution >= 4 is 33.6 Å². The Kier molecular flexibility index (Phi) is 4.40. The molecule has 0 aliphatic rings. The molecule has 6 aromatic rings. The summed E-state index contributed by atoms with van der Waals surface area (Å²) in [4.78, 5) is 9.59. The molecule has 0 fully saturated rings. The van der Waals surface area contributed by atoms with Crippen LogP contribution in [0.4, 0.5) is 11.6 Å². The van der Waals surface area contributed by atoms with Gasteiger partial charge in [-0.05, 0) is 24.3 Å². The Labute approximate surface area is 185 Å². The summed E-state index contributed by atoms with van der Waals surface area (Å²) in [6.07, 6.45) is 0. The maximum atomic E-state index is 6.04. The molecule has 2 heterocycles. The molecule has 0 aliphatic heterocycles. The van der Waals surface area contributed by atoms with Crippen LogP contribution in [-0.2, 0) is 0 Å². The molecule has 0 radical (unpaired) electrons. The summed E-state index contributed by atoms with van der Waals surface area (Å²) >= 11 is 0. The number of aromatic nitrogens is 2. The summed E-state index contributed by atoms with van der Waals surface area (Å²) in [5, 5.41) is 5.58. The monoisotopic (exact) mass is 413 g/mol. The molecule has 32 heavy (non-hydrogen) atoms.